The van der Waals surface area contributed by atoms with Gasteiger partial charge in [-0.3, -0.25) is 24.3 Å². The molecular formula is C31H31ClN6O4S. The van der Waals surface area contributed by atoms with Crippen LogP contribution in [0.5, 0.6) is 0 Å². The molecule has 1 aliphatic rings. The average Bonchev–Trinajstić information content (AvgIpc) is 3.41. The zero-order valence-electron chi connectivity index (χ0n) is 23.6. The van der Waals surface area contributed by atoms with Gasteiger partial charge in [-0.1, -0.05) is 71.9 Å². The van der Waals surface area contributed by atoms with E-state index in [9.17, 15) is 19.7 Å². The Morgan fingerprint density at radius 2 is 1.74 bits per heavy atom. The lowest BCUT2D eigenvalue weighted by Gasteiger charge is -2.40. The number of carbonyl (C=O) groups excluding carboxylic acids is 2. The summed E-state index contributed by atoms with van der Waals surface area (Å²) in [6.07, 6.45) is 1.71. The van der Waals surface area contributed by atoms with Gasteiger partial charge in [0.05, 0.1) is 4.92 Å². The number of nitro benzene ring substituents is 1. The van der Waals surface area contributed by atoms with E-state index in [-0.39, 0.29) is 34.1 Å². The number of amides is 2. The largest absolute Gasteiger partial charge is 0.339 e. The number of piperazine rings is 1. The van der Waals surface area contributed by atoms with Gasteiger partial charge in [0.1, 0.15) is 10.8 Å². The van der Waals surface area contributed by atoms with Gasteiger partial charge in [-0.15, -0.1) is 10.2 Å². The first-order chi connectivity index (χ1) is 20.8. The number of nitro groups is 1. The molecule has 0 saturated carbocycles. The van der Waals surface area contributed by atoms with E-state index < -0.39 is 4.92 Å². The Balaban J connectivity index is 1.15. The molecule has 0 aliphatic carbocycles. The molecule has 1 unspecified atom stereocenters. The fourth-order valence-corrected chi connectivity index (χ4v) is 6.20. The maximum atomic E-state index is 13.1. The van der Waals surface area contributed by atoms with Crippen LogP contribution in [0.3, 0.4) is 0 Å². The molecule has 0 bridgehead atoms. The van der Waals surface area contributed by atoms with E-state index in [1.165, 1.54) is 18.2 Å². The van der Waals surface area contributed by atoms with Crippen LogP contribution in [0.1, 0.15) is 41.5 Å². The monoisotopic (exact) mass is 618 g/mol. The Morgan fingerprint density at radius 1 is 1.02 bits per heavy atom. The third kappa shape index (κ3) is 7.23. The molecule has 222 valence electrons. The third-order valence-corrected chi connectivity index (χ3v) is 8.65. The number of para-hydroxylation sites is 1. The molecular weight excluding hydrogens is 588 g/mol. The van der Waals surface area contributed by atoms with Crippen molar-refractivity contribution in [3.05, 3.63) is 111 Å². The molecule has 1 fully saturated rings. The smallest absolute Gasteiger partial charge is 0.288 e. The van der Waals surface area contributed by atoms with E-state index in [0.717, 1.165) is 22.2 Å². The van der Waals surface area contributed by atoms with Gasteiger partial charge in [0, 0.05) is 61.6 Å². The number of carbonyl (C=O) groups is 2. The van der Waals surface area contributed by atoms with E-state index in [4.69, 9.17) is 11.6 Å². The van der Waals surface area contributed by atoms with E-state index in [1.54, 1.807) is 21.6 Å². The first-order valence-electron chi connectivity index (χ1n) is 14.0. The zero-order valence-corrected chi connectivity index (χ0v) is 25.2. The van der Waals surface area contributed by atoms with Crippen molar-refractivity contribution in [3.8, 4) is 5.69 Å². The van der Waals surface area contributed by atoms with Crippen LogP contribution in [-0.4, -0.2) is 72.7 Å². The van der Waals surface area contributed by atoms with Gasteiger partial charge >= 0.3 is 0 Å². The molecule has 2 amide bonds. The average molecular weight is 619 g/mol. The molecule has 1 saturated heterocycles. The number of nitrogens with zero attached hydrogens (tertiary/aromatic N) is 6. The summed E-state index contributed by atoms with van der Waals surface area (Å²) in [6, 6.07) is 24.0. The lowest BCUT2D eigenvalue weighted by molar-refractivity contribution is -0.384. The van der Waals surface area contributed by atoms with Crippen LogP contribution < -0.4 is 0 Å². The number of benzene rings is 3. The second-order valence-electron chi connectivity index (χ2n) is 10.3. The lowest BCUT2D eigenvalue weighted by Crippen LogP contribution is -2.55. The normalized spacial score (nSPS) is 15.0. The first-order valence-corrected chi connectivity index (χ1v) is 15.4. The Hall–Kier alpha value is -4.22. The number of thioether (sulfide) groups is 1. The van der Waals surface area contributed by atoms with Crippen molar-refractivity contribution < 1.29 is 14.5 Å². The Labute approximate surface area is 258 Å². The van der Waals surface area contributed by atoms with Crippen LogP contribution in [0.25, 0.3) is 5.69 Å². The van der Waals surface area contributed by atoms with Crippen LogP contribution in [0.15, 0.2) is 84.0 Å². The van der Waals surface area contributed by atoms with Gasteiger partial charge in [0.15, 0.2) is 5.16 Å². The molecule has 1 aliphatic heterocycles. The van der Waals surface area contributed by atoms with Crippen molar-refractivity contribution >= 4 is 40.9 Å². The number of hydrogen-bond donors (Lipinski definition) is 0. The number of hydrogen-bond acceptors (Lipinski definition) is 7. The fourth-order valence-electron chi connectivity index (χ4n) is 5.11. The SMILES string of the molecule is CC1CN(C(=O)CCCSc2nnc(Cc3ccccc3)n2-c2ccccc2)CCN1C(=O)c1ccc(Cl)c([N+](=O)[O-])c1. The predicted molar refractivity (Wildman–Crippen MR) is 166 cm³/mol. The minimum absolute atomic E-state index is 0.0175. The Bertz CT molecular complexity index is 1600. The van der Waals surface area contributed by atoms with Crippen molar-refractivity contribution in [3.63, 3.8) is 0 Å². The molecule has 0 N–H and O–H groups in total. The Morgan fingerprint density at radius 3 is 2.44 bits per heavy atom. The van der Waals surface area contributed by atoms with Crippen LogP contribution in [0.2, 0.25) is 5.02 Å². The van der Waals surface area contributed by atoms with Crippen molar-refractivity contribution in [2.75, 3.05) is 25.4 Å². The third-order valence-electron chi connectivity index (χ3n) is 7.32. The van der Waals surface area contributed by atoms with E-state index >= 15 is 0 Å². The van der Waals surface area contributed by atoms with Gasteiger partial charge in [0.2, 0.25) is 5.91 Å². The van der Waals surface area contributed by atoms with Crippen molar-refractivity contribution in [2.45, 2.75) is 37.4 Å². The summed E-state index contributed by atoms with van der Waals surface area (Å²) in [4.78, 5) is 40.2. The van der Waals surface area contributed by atoms with Crippen LogP contribution in [-0.2, 0) is 11.2 Å². The molecule has 3 aromatic carbocycles. The topological polar surface area (TPSA) is 114 Å². The highest BCUT2D eigenvalue weighted by Crippen LogP contribution is 2.27. The predicted octanol–water partition coefficient (Wildman–Crippen LogP) is 5.67. The maximum absolute atomic E-state index is 13.1. The summed E-state index contributed by atoms with van der Waals surface area (Å²) in [6.45, 7) is 3.03. The lowest BCUT2D eigenvalue weighted by atomic mass is 10.1. The van der Waals surface area contributed by atoms with Crippen LogP contribution in [0.4, 0.5) is 5.69 Å². The molecule has 1 aromatic heterocycles. The molecule has 4 aromatic rings. The molecule has 0 spiro atoms. The molecule has 12 heteroatoms. The summed E-state index contributed by atoms with van der Waals surface area (Å²) in [5.74, 6) is 1.28. The van der Waals surface area contributed by atoms with Gasteiger partial charge in [-0.2, -0.15) is 0 Å². The summed E-state index contributed by atoms with van der Waals surface area (Å²) in [5, 5.41) is 21.0. The van der Waals surface area contributed by atoms with E-state index in [0.29, 0.717) is 44.6 Å². The summed E-state index contributed by atoms with van der Waals surface area (Å²) < 4.78 is 2.08. The quantitative estimate of drug-likeness (QED) is 0.0974. The fraction of sp³-hybridized carbons (Fsp3) is 0.290. The highest BCUT2D eigenvalue weighted by molar-refractivity contribution is 7.99. The molecule has 43 heavy (non-hydrogen) atoms. The summed E-state index contributed by atoms with van der Waals surface area (Å²) in [5.41, 5.74) is 2.04. The van der Waals surface area contributed by atoms with Crippen LogP contribution in [0, 0.1) is 10.1 Å². The van der Waals surface area contributed by atoms with E-state index in [2.05, 4.69) is 26.9 Å². The number of halogens is 1. The number of rotatable bonds is 10. The minimum Gasteiger partial charge on any atom is -0.339 e. The minimum atomic E-state index is -0.605. The standard InChI is InChI=1S/C31H31ClN6O4S/c1-22-21-35(16-17-36(22)30(40)24-14-15-26(32)27(20-24)38(41)42)29(39)13-8-18-43-31-34-33-28(19-23-9-4-2-5-10-23)37(31)25-11-6-3-7-12-25/h2-7,9-12,14-15,20,22H,8,13,16-19,21H2,1H3. The highest BCUT2D eigenvalue weighted by Gasteiger charge is 2.31. The van der Waals surface area contributed by atoms with Crippen LogP contribution >= 0.6 is 23.4 Å². The number of aromatic nitrogens is 3. The second kappa shape index (κ2) is 13.8. The second-order valence-corrected chi connectivity index (χ2v) is 11.8. The summed E-state index contributed by atoms with van der Waals surface area (Å²) >= 11 is 7.47. The van der Waals surface area contributed by atoms with Gasteiger partial charge in [-0.25, -0.2) is 0 Å². The Kier molecular flexibility index (Phi) is 9.73. The van der Waals surface area contributed by atoms with Crippen molar-refractivity contribution in [1.82, 2.24) is 24.6 Å². The van der Waals surface area contributed by atoms with Crippen molar-refractivity contribution in [2.24, 2.45) is 0 Å². The molecule has 2 heterocycles. The molecule has 5 rings (SSSR count). The highest BCUT2D eigenvalue weighted by atomic mass is 35.5. The van der Waals surface area contributed by atoms with Crippen molar-refractivity contribution in [1.29, 1.82) is 0 Å². The molecule has 10 nitrogen and oxygen atoms in total. The summed E-state index contributed by atoms with van der Waals surface area (Å²) in [7, 11) is 0. The molecule has 1 atom stereocenters. The molecule has 0 radical (unpaired) electrons. The van der Waals surface area contributed by atoms with Gasteiger partial charge < -0.3 is 9.80 Å². The van der Waals surface area contributed by atoms with E-state index in [1.807, 2.05) is 55.5 Å². The first kappa shape index (κ1) is 30.2. The maximum Gasteiger partial charge on any atom is 0.288 e. The van der Waals surface area contributed by atoms with Gasteiger partial charge in [0.25, 0.3) is 11.6 Å². The van der Waals surface area contributed by atoms with Gasteiger partial charge in [-0.05, 0) is 43.2 Å². The zero-order chi connectivity index (χ0) is 30.3.